The van der Waals surface area contributed by atoms with Crippen molar-refractivity contribution in [2.24, 2.45) is 5.16 Å². The van der Waals surface area contributed by atoms with E-state index in [4.69, 9.17) is 4.55 Å². The van der Waals surface area contributed by atoms with Crippen molar-refractivity contribution < 1.29 is 18.0 Å². The Kier molecular flexibility index (Phi) is 3.56. The average Bonchev–Trinajstić information content (AvgIpc) is 2.93. The maximum absolute atomic E-state index is 12.8. The van der Waals surface area contributed by atoms with Gasteiger partial charge >= 0.3 is 11.4 Å². The normalized spacial score (nSPS) is 14.9. The van der Waals surface area contributed by atoms with Crippen molar-refractivity contribution in [2.75, 3.05) is 0 Å². The molecule has 1 aliphatic heterocycles. The summed E-state index contributed by atoms with van der Waals surface area (Å²) in [5.74, 6) is 0.00199. The van der Waals surface area contributed by atoms with Gasteiger partial charge < -0.3 is 0 Å². The third kappa shape index (κ3) is 2.35. The van der Waals surface area contributed by atoms with Gasteiger partial charge in [-0.1, -0.05) is 5.16 Å². The molecule has 0 fully saturated rings. The number of nitrogens with zero attached hydrogens (tertiary/aromatic N) is 5. The lowest BCUT2D eigenvalue weighted by molar-refractivity contribution is -0.384. The Morgan fingerprint density at radius 2 is 2.15 bits per heavy atom. The molecule has 4 rings (SSSR count). The Morgan fingerprint density at radius 1 is 1.35 bits per heavy atom. The summed E-state index contributed by atoms with van der Waals surface area (Å²) < 4.78 is 25.2. The predicted octanol–water partition coefficient (Wildman–Crippen LogP) is 0.908. The van der Waals surface area contributed by atoms with E-state index in [1.807, 2.05) is 0 Å². The molecule has 0 saturated carbocycles. The largest absolute Gasteiger partial charge is 0.378 e. The lowest BCUT2D eigenvalue weighted by atomic mass is 10.1. The molecule has 12 heteroatoms. The highest BCUT2D eigenvalue weighted by Crippen LogP contribution is 2.30. The van der Waals surface area contributed by atoms with E-state index in [1.165, 1.54) is 29.0 Å². The van der Waals surface area contributed by atoms with E-state index < -0.39 is 21.8 Å². The molecule has 0 radical (unpaired) electrons. The van der Waals surface area contributed by atoms with Gasteiger partial charge in [-0.15, -0.1) is 0 Å². The Balaban J connectivity index is 2.08. The second-order valence-electron chi connectivity index (χ2n) is 5.14. The lowest BCUT2D eigenvalue weighted by Crippen LogP contribution is -2.22. The molecule has 1 N–H and O–H groups in total. The van der Waals surface area contributed by atoms with E-state index >= 15 is 0 Å². The topological polar surface area (TPSA) is 150 Å². The van der Waals surface area contributed by atoms with Crippen molar-refractivity contribution in [2.45, 2.75) is 0 Å². The molecule has 130 valence electrons. The first kappa shape index (κ1) is 16.0. The van der Waals surface area contributed by atoms with E-state index in [0.717, 1.165) is 0 Å². The molecule has 0 amide bonds. The summed E-state index contributed by atoms with van der Waals surface area (Å²) in [5.41, 5.74) is -0.183. The molecule has 1 unspecified atom stereocenters. The summed E-state index contributed by atoms with van der Waals surface area (Å²) in [6, 6.07) is 6.92. The number of pyridine rings is 1. The van der Waals surface area contributed by atoms with Gasteiger partial charge in [-0.2, -0.15) is 4.21 Å². The Labute approximate surface area is 146 Å². The van der Waals surface area contributed by atoms with Crippen molar-refractivity contribution in [3.05, 3.63) is 68.4 Å². The van der Waals surface area contributed by atoms with Gasteiger partial charge in [0.1, 0.15) is 0 Å². The molecule has 0 bridgehead atoms. The number of nitro benzene ring substituents is 1. The second-order valence-corrected chi connectivity index (χ2v) is 5.72. The molecule has 2 aromatic heterocycles. The summed E-state index contributed by atoms with van der Waals surface area (Å²) in [5, 5.41) is 14.8. The fourth-order valence-electron chi connectivity index (χ4n) is 2.70. The summed E-state index contributed by atoms with van der Waals surface area (Å²) in [7, 11) is 0. The number of hydrogen-bond acceptors (Lipinski definition) is 8. The molecule has 26 heavy (non-hydrogen) atoms. The van der Waals surface area contributed by atoms with Gasteiger partial charge in [0, 0.05) is 23.9 Å². The van der Waals surface area contributed by atoms with Crippen LogP contribution in [0.25, 0.3) is 16.7 Å². The highest BCUT2D eigenvalue weighted by atomic mass is 32.2. The molecule has 11 nitrogen and oxygen atoms in total. The van der Waals surface area contributed by atoms with Crippen molar-refractivity contribution in [1.29, 1.82) is 0 Å². The standard InChI is InChI=1S/C14H7N5O6S/c20-14-8-2-1-5-15-12(8)16-13-11(17-25-26(23)24)9-6-7(19(21)22)3-4-10(9)18(13)14/h1-6H,(H,23,24). The van der Waals surface area contributed by atoms with Gasteiger partial charge in [-0.25, -0.2) is 9.97 Å². The molecule has 0 saturated heterocycles. The highest BCUT2D eigenvalue weighted by Gasteiger charge is 2.31. The Bertz CT molecular complexity index is 1200. The summed E-state index contributed by atoms with van der Waals surface area (Å²) in [6.07, 6.45) is 1.45. The minimum absolute atomic E-state index is 0.00199. The number of oxime groups is 1. The zero-order chi connectivity index (χ0) is 18.4. The van der Waals surface area contributed by atoms with Gasteiger partial charge in [0.05, 0.1) is 16.0 Å². The molecular formula is C14H7N5O6S. The fourth-order valence-corrected chi connectivity index (χ4v) is 2.84. The molecule has 3 heterocycles. The lowest BCUT2D eigenvalue weighted by Gasteiger charge is -2.04. The fraction of sp³-hybridized carbons (Fsp3) is 0. The molecule has 1 atom stereocenters. The molecule has 0 spiro atoms. The molecular weight excluding hydrogens is 366 g/mol. The zero-order valence-electron chi connectivity index (χ0n) is 12.6. The van der Waals surface area contributed by atoms with E-state index in [9.17, 15) is 19.1 Å². The van der Waals surface area contributed by atoms with Crippen LogP contribution in [0.1, 0.15) is 11.4 Å². The first-order valence-corrected chi connectivity index (χ1v) is 8.04. The first-order chi connectivity index (χ1) is 12.5. The number of hydrogen-bond donors (Lipinski definition) is 1. The number of non-ortho nitro benzene ring substituents is 1. The minimum Gasteiger partial charge on any atom is -0.273 e. The molecule has 0 aliphatic carbocycles. The van der Waals surface area contributed by atoms with Gasteiger partial charge in [0.2, 0.25) is 0 Å². The average molecular weight is 373 g/mol. The monoisotopic (exact) mass is 373 g/mol. The Morgan fingerprint density at radius 3 is 2.88 bits per heavy atom. The highest BCUT2D eigenvalue weighted by molar-refractivity contribution is 7.74. The van der Waals surface area contributed by atoms with Crippen LogP contribution in [0.2, 0.25) is 0 Å². The van der Waals surface area contributed by atoms with Crippen LogP contribution in [0.5, 0.6) is 0 Å². The minimum atomic E-state index is -2.71. The van der Waals surface area contributed by atoms with Gasteiger partial charge in [0.15, 0.2) is 17.2 Å². The van der Waals surface area contributed by atoms with Crippen LogP contribution >= 0.6 is 0 Å². The van der Waals surface area contributed by atoms with Crippen molar-refractivity contribution in [3.8, 4) is 5.69 Å². The van der Waals surface area contributed by atoms with E-state index in [2.05, 4.69) is 19.4 Å². The summed E-state index contributed by atoms with van der Waals surface area (Å²) in [6.45, 7) is 0. The SMILES string of the molecule is O=c1c2cccnc2nc2n1-c1ccc([N+](=O)[O-])cc1C2=NOS(=O)O. The maximum Gasteiger partial charge on any atom is 0.378 e. The van der Waals surface area contributed by atoms with E-state index in [-0.39, 0.29) is 33.8 Å². The number of rotatable bonds is 3. The molecule has 1 aliphatic rings. The predicted molar refractivity (Wildman–Crippen MR) is 89.3 cm³/mol. The van der Waals surface area contributed by atoms with Crippen LogP contribution in [0.3, 0.4) is 0 Å². The van der Waals surface area contributed by atoms with Gasteiger partial charge in [-0.3, -0.25) is 28.3 Å². The molecule has 1 aromatic carbocycles. The van der Waals surface area contributed by atoms with Crippen LogP contribution in [-0.4, -0.2) is 33.9 Å². The number of fused-ring (bicyclic) bond motifs is 4. The van der Waals surface area contributed by atoms with Crippen LogP contribution in [-0.2, 0) is 15.6 Å². The van der Waals surface area contributed by atoms with Crippen molar-refractivity contribution >= 4 is 33.8 Å². The third-order valence-electron chi connectivity index (χ3n) is 3.73. The summed E-state index contributed by atoms with van der Waals surface area (Å²) in [4.78, 5) is 31.6. The summed E-state index contributed by atoms with van der Waals surface area (Å²) >= 11 is -2.71. The third-order valence-corrected chi connectivity index (χ3v) is 3.94. The number of aromatic nitrogens is 3. The van der Waals surface area contributed by atoms with Crippen molar-refractivity contribution in [1.82, 2.24) is 14.5 Å². The zero-order valence-corrected chi connectivity index (χ0v) is 13.4. The van der Waals surface area contributed by atoms with E-state index in [0.29, 0.717) is 5.69 Å². The van der Waals surface area contributed by atoms with Crippen molar-refractivity contribution in [3.63, 3.8) is 0 Å². The van der Waals surface area contributed by atoms with Crippen LogP contribution in [0.4, 0.5) is 5.69 Å². The second kappa shape index (κ2) is 5.79. The van der Waals surface area contributed by atoms with Crippen LogP contribution in [0, 0.1) is 10.1 Å². The first-order valence-electron chi connectivity index (χ1n) is 7.01. The smallest absolute Gasteiger partial charge is 0.273 e. The van der Waals surface area contributed by atoms with Crippen LogP contribution < -0.4 is 5.56 Å². The van der Waals surface area contributed by atoms with Crippen LogP contribution in [0.15, 0.2) is 46.5 Å². The maximum atomic E-state index is 12.8. The quantitative estimate of drug-likeness (QED) is 0.316. The number of benzene rings is 1. The van der Waals surface area contributed by atoms with Gasteiger partial charge in [0.25, 0.3) is 11.2 Å². The number of nitro groups is 1. The Hall–Kier alpha value is -3.51. The van der Waals surface area contributed by atoms with Gasteiger partial charge in [-0.05, 0) is 18.2 Å². The molecule has 3 aromatic rings. The van der Waals surface area contributed by atoms with E-state index in [1.54, 1.807) is 12.1 Å².